The first-order valence-electron chi connectivity index (χ1n) is 10.6. The minimum absolute atomic E-state index is 0.183. The Morgan fingerprint density at radius 3 is 2.27 bits per heavy atom. The lowest BCUT2D eigenvalue weighted by Crippen LogP contribution is -2.30. The van der Waals surface area contributed by atoms with Gasteiger partial charge in [-0.1, -0.05) is 62.4 Å². The number of anilines is 1. The molecule has 0 atom stereocenters. The molecule has 30 heavy (non-hydrogen) atoms. The standard InChI is InChI=1S/C26H30N2O2/c1-6-21-15-11-12-17(3)24(21)27-26(30)23-19(5)28(16-20-13-9-8-10-14-20)22(7-2)18(4)25(23)29/h8-15H,6-7,16H2,1-5H3,(H,27,30). The summed E-state index contributed by atoms with van der Waals surface area (Å²) in [6.45, 7) is 10.4. The highest BCUT2D eigenvalue weighted by Gasteiger charge is 2.22. The number of aryl methyl sites for hydroxylation is 2. The summed E-state index contributed by atoms with van der Waals surface area (Å²) in [5.41, 5.74) is 6.36. The van der Waals surface area contributed by atoms with Crippen molar-refractivity contribution in [2.24, 2.45) is 0 Å². The van der Waals surface area contributed by atoms with Gasteiger partial charge in [0.15, 0.2) is 5.43 Å². The van der Waals surface area contributed by atoms with Crippen LogP contribution in [0.25, 0.3) is 0 Å². The number of hydrogen-bond acceptors (Lipinski definition) is 2. The summed E-state index contributed by atoms with van der Waals surface area (Å²) in [4.78, 5) is 26.5. The Labute approximate surface area is 178 Å². The summed E-state index contributed by atoms with van der Waals surface area (Å²) in [5.74, 6) is -0.339. The molecule has 0 aliphatic carbocycles. The van der Waals surface area contributed by atoms with Crippen LogP contribution >= 0.6 is 0 Å². The molecule has 1 N–H and O–H groups in total. The van der Waals surface area contributed by atoms with Gasteiger partial charge in [0.05, 0.1) is 0 Å². The van der Waals surface area contributed by atoms with Crippen molar-refractivity contribution in [3.63, 3.8) is 0 Å². The summed E-state index contributed by atoms with van der Waals surface area (Å²) in [6.07, 6.45) is 1.54. The van der Waals surface area contributed by atoms with Crippen molar-refractivity contribution in [2.45, 2.75) is 54.0 Å². The summed E-state index contributed by atoms with van der Waals surface area (Å²) >= 11 is 0. The van der Waals surface area contributed by atoms with Crippen LogP contribution in [0.2, 0.25) is 0 Å². The second kappa shape index (κ2) is 9.12. The van der Waals surface area contributed by atoms with Gasteiger partial charge in [0, 0.05) is 29.2 Å². The zero-order valence-corrected chi connectivity index (χ0v) is 18.5. The maximum Gasteiger partial charge on any atom is 0.261 e. The van der Waals surface area contributed by atoms with Crippen molar-refractivity contribution in [3.8, 4) is 0 Å². The molecule has 0 radical (unpaired) electrons. The Morgan fingerprint density at radius 2 is 1.63 bits per heavy atom. The van der Waals surface area contributed by atoms with Gasteiger partial charge in [0.2, 0.25) is 0 Å². The molecule has 2 aromatic carbocycles. The fourth-order valence-electron chi connectivity index (χ4n) is 4.10. The minimum atomic E-state index is -0.339. The van der Waals surface area contributed by atoms with Crippen molar-refractivity contribution >= 4 is 11.6 Å². The molecule has 1 heterocycles. The highest BCUT2D eigenvalue weighted by atomic mass is 16.2. The van der Waals surface area contributed by atoms with Crippen molar-refractivity contribution in [2.75, 3.05) is 5.32 Å². The number of rotatable bonds is 6. The van der Waals surface area contributed by atoms with Crippen molar-refractivity contribution < 1.29 is 4.79 Å². The number of nitrogens with one attached hydrogen (secondary N) is 1. The van der Waals surface area contributed by atoms with E-state index in [1.807, 2.05) is 64.1 Å². The molecule has 0 aliphatic heterocycles. The van der Waals surface area contributed by atoms with E-state index >= 15 is 0 Å². The van der Waals surface area contributed by atoms with E-state index in [-0.39, 0.29) is 16.9 Å². The number of pyridine rings is 1. The number of carbonyl (C=O) groups excluding carboxylic acids is 1. The van der Waals surface area contributed by atoms with Crippen LogP contribution in [-0.2, 0) is 19.4 Å². The molecule has 0 spiro atoms. The third kappa shape index (κ3) is 4.09. The summed E-state index contributed by atoms with van der Waals surface area (Å²) in [6, 6.07) is 16.1. The van der Waals surface area contributed by atoms with Gasteiger partial charge < -0.3 is 9.88 Å². The quantitative estimate of drug-likeness (QED) is 0.616. The average molecular weight is 403 g/mol. The molecular weight excluding hydrogens is 372 g/mol. The molecule has 0 unspecified atom stereocenters. The van der Waals surface area contributed by atoms with Crippen LogP contribution in [0.3, 0.4) is 0 Å². The number of hydrogen-bond donors (Lipinski definition) is 1. The number of aromatic nitrogens is 1. The highest BCUT2D eigenvalue weighted by Crippen LogP contribution is 2.23. The van der Waals surface area contributed by atoms with Gasteiger partial charge in [-0.2, -0.15) is 0 Å². The van der Waals surface area contributed by atoms with Gasteiger partial charge >= 0.3 is 0 Å². The second-order valence-electron chi connectivity index (χ2n) is 7.70. The van der Waals surface area contributed by atoms with Crippen LogP contribution in [0.5, 0.6) is 0 Å². The van der Waals surface area contributed by atoms with E-state index < -0.39 is 0 Å². The Balaban J connectivity index is 2.11. The third-order valence-corrected chi connectivity index (χ3v) is 5.82. The molecule has 4 heteroatoms. The third-order valence-electron chi connectivity index (χ3n) is 5.82. The maximum absolute atomic E-state index is 13.3. The SMILES string of the molecule is CCc1cccc(C)c1NC(=O)c1c(C)n(Cc2ccccc2)c(CC)c(C)c1=O. The molecule has 4 nitrogen and oxygen atoms in total. The Morgan fingerprint density at radius 1 is 0.933 bits per heavy atom. The van der Waals surface area contributed by atoms with E-state index in [1.54, 1.807) is 0 Å². The van der Waals surface area contributed by atoms with Gasteiger partial charge in [-0.05, 0) is 50.3 Å². The van der Waals surface area contributed by atoms with Crippen LogP contribution in [0.1, 0.15) is 57.8 Å². The fraction of sp³-hybridized carbons (Fsp3) is 0.308. The summed E-state index contributed by atoms with van der Waals surface area (Å²) in [7, 11) is 0. The van der Waals surface area contributed by atoms with E-state index in [0.29, 0.717) is 17.8 Å². The average Bonchev–Trinajstić information content (AvgIpc) is 2.74. The molecule has 1 amide bonds. The van der Waals surface area contributed by atoms with Crippen LogP contribution in [0.4, 0.5) is 5.69 Å². The number of benzene rings is 2. The molecule has 0 saturated heterocycles. The van der Waals surface area contributed by atoms with Crippen LogP contribution in [-0.4, -0.2) is 10.5 Å². The number of carbonyl (C=O) groups is 1. The van der Waals surface area contributed by atoms with Crippen LogP contribution in [0.15, 0.2) is 53.3 Å². The first-order valence-corrected chi connectivity index (χ1v) is 10.6. The smallest absolute Gasteiger partial charge is 0.261 e. The van der Waals surface area contributed by atoms with E-state index in [9.17, 15) is 9.59 Å². The van der Waals surface area contributed by atoms with Gasteiger partial charge in [0.1, 0.15) is 5.56 Å². The first kappa shape index (κ1) is 21.6. The monoisotopic (exact) mass is 402 g/mol. The lowest BCUT2D eigenvalue weighted by atomic mass is 10.0. The summed E-state index contributed by atoms with van der Waals surface area (Å²) < 4.78 is 2.11. The van der Waals surface area contributed by atoms with Crippen molar-refractivity contribution in [1.29, 1.82) is 0 Å². The normalized spacial score (nSPS) is 10.8. The summed E-state index contributed by atoms with van der Waals surface area (Å²) in [5, 5.41) is 3.03. The number of nitrogens with zero attached hydrogens (tertiary/aromatic N) is 1. The molecule has 156 valence electrons. The zero-order chi connectivity index (χ0) is 21.8. The highest BCUT2D eigenvalue weighted by molar-refractivity contribution is 6.06. The van der Waals surface area contributed by atoms with Crippen LogP contribution < -0.4 is 10.7 Å². The molecule has 0 bridgehead atoms. The number of amides is 1. The first-order chi connectivity index (χ1) is 14.4. The van der Waals surface area contributed by atoms with Gasteiger partial charge in [-0.3, -0.25) is 9.59 Å². The van der Waals surface area contributed by atoms with E-state index in [0.717, 1.165) is 40.9 Å². The minimum Gasteiger partial charge on any atom is -0.343 e. The lowest BCUT2D eigenvalue weighted by molar-refractivity contribution is 0.102. The molecule has 3 aromatic rings. The van der Waals surface area contributed by atoms with E-state index in [2.05, 4.69) is 28.9 Å². The lowest BCUT2D eigenvalue weighted by Gasteiger charge is -2.22. The molecule has 0 aliphatic rings. The molecule has 3 rings (SSSR count). The Kier molecular flexibility index (Phi) is 6.56. The molecule has 0 fully saturated rings. The molecule has 0 saturated carbocycles. The number of para-hydroxylation sites is 1. The fourth-order valence-corrected chi connectivity index (χ4v) is 4.10. The maximum atomic E-state index is 13.3. The van der Waals surface area contributed by atoms with Gasteiger partial charge in [-0.15, -0.1) is 0 Å². The van der Waals surface area contributed by atoms with Crippen molar-refractivity contribution in [3.05, 3.63) is 98.0 Å². The van der Waals surface area contributed by atoms with E-state index in [1.165, 1.54) is 0 Å². The van der Waals surface area contributed by atoms with Gasteiger partial charge in [0.25, 0.3) is 5.91 Å². The predicted octanol–water partition coefficient (Wildman–Crippen LogP) is 5.20. The molecule has 1 aromatic heterocycles. The topological polar surface area (TPSA) is 51.1 Å². The zero-order valence-electron chi connectivity index (χ0n) is 18.5. The predicted molar refractivity (Wildman–Crippen MR) is 124 cm³/mol. The van der Waals surface area contributed by atoms with Crippen molar-refractivity contribution in [1.82, 2.24) is 4.57 Å². The van der Waals surface area contributed by atoms with Crippen LogP contribution in [0, 0.1) is 20.8 Å². The largest absolute Gasteiger partial charge is 0.343 e. The second-order valence-corrected chi connectivity index (χ2v) is 7.70. The Bertz CT molecular complexity index is 1130. The Hall–Kier alpha value is -3.14. The van der Waals surface area contributed by atoms with Gasteiger partial charge in [-0.25, -0.2) is 0 Å². The van der Waals surface area contributed by atoms with E-state index in [4.69, 9.17) is 0 Å². The molecular formula is C26H30N2O2.